The van der Waals surface area contributed by atoms with Crippen molar-refractivity contribution in [2.45, 2.75) is 30.2 Å². The Bertz CT molecular complexity index is 996. The number of likely N-dealkylation sites (tertiary alicyclic amines) is 1. The van der Waals surface area contributed by atoms with E-state index >= 15 is 0 Å². The highest BCUT2D eigenvalue weighted by Gasteiger charge is 2.26. The molecule has 4 rings (SSSR count). The Morgan fingerprint density at radius 1 is 1.15 bits per heavy atom. The van der Waals surface area contributed by atoms with Crippen LogP contribution in [0, 0.1) is 0 Å². The van der Waals surface area contributed by atoms with Crippen molar-refractivity contribution in [2.24, 2.45) is 5.14 Å². The molecule has 1 aliphatic heterocycles. The van der Waals surface area contributed by atoms with Crippen molar-refractivity contribution in [1.29, 1.82) is 0 Å². The van der Waals surface area contributed by atoms with E-state index in [4.69, 9.17) is 9.56 Å². The number of piperidine rings is 1. The number of rotatable bonds is 4. The van der Waals surface area contributed by atoms with Gasteiger partial charge in [-0.25, -0.2) is 18.5 Å². The van der Waals surface area contributed by atoms with Gasteiger partial charge >= 0.3 is 0 Å². The van der Waals surface area contributed by atoms with Gasteiger partial charge in [-0.1, -0.05) is 30.3 Å². The van der Waals surface area contributed by atoms with Crippen LogP contribution >= 0.6 is 0 Å². The van der Waals surface area contributed by atoms with Crippen molar-refractivity contribution >= 4 is 21.1 Å². The van der Waals surface area contributed by atoms with E-state index in [1.807, 2.05) is 36.4 Å². The minimum absolute atomic E-state index is 0.198. The largest absolute Gasteiger partial charge is 0.440 e. The molecule has 6 nitrogen and oxygen atoms in total. The summed E-state index contributed by atoms with van der Waals surface area (Å²) in [6, 6.07) is 14.7. The Balaban J connectivity index is 1.54. The summed E-state index contributed by atoms with van der Waals surface area (Å²) < 4.78 is 29.6. The zero-order valence-corrected chi connectivity index (χ0v) is 15.2. The first-order valence-electron chi connectivity index (χ1n) is 8.69. The van der Waals surface area contributed by atoms with Crippen LogP contribution < -0.4 is 5.14 Å². The Labute approximate surface area is 152 Å². The summed E-state index contributed by atoms with van der Waals surface area (Å²) in [4.78, 5) is 7.07. The number of hydrogen-bond donors (Lipinski definition) is 1. The van der Waals surface area contributed by atoms with Gasteiger partial charge in [-0.2, -0.15) is 0 Å². The number of nitrogens with two attached hydrogens (primary N) is 1. The summed E-state index contributed by atoms with van der Waals surface area (Å²) in [7, 11) is -3.72. The predicted molar refractivity (Wildman–Crippen MR) is 99.1 cm³/mol. The van der Waals surface area contributed by atoms with Crippen LogP contribution in [0.5, 0.6) is 0 Å². The maximum absolute atomic E-state index is 11.8. The zero-order valence-electron chi connectivity index (χ0n) is 14.3. The lowest BCUT2D eigenvalue weighted by atomic mass is 9.97. The number of fused-ring (bicyclic) bond motifs is 1. The molecule has 2 N–H and O–H groups in total. The number of primary sulfonamides is 1. The third kappa shape index (κ3) is 3.51. The van der Waals surface area contributed by atoms with Gasteiger partial charge in [0.05, 0.1) is 4.90 Å². The maximum atomic E-state index is 11.8. The molecule has 1 atom stereocenters. The van der Waals surface area contributed by atoms with Gasteiger partial charge in [-0.3, -0.25) is 4.90 Å². The molecule has 0 aliphatic carbocycles. The predicted octanol–water partition coefficient (Wildman–Crippen LogP) is 2.85. The van der Waals surface area contributed by atoms with Gasteiger partial charge in [0.15, 0.2) is 11.5 Å². The number of benzene rings is 2. The molecule has 1 unspecified atom stereocenters. The minimum Gasteiger partial charge on any atom is -0.440 e. The van der Waals surface area contributed by atoms with Crippen molar-refractivity contribution in [3.8, 4) is 0 Å². The molecule has 1 aromatic heterocycles. The summed E-state index contributed by atoms with van der Waals surface area (Å²) in [5.74, 6) is 0.966. The molecular formula is C19H21N3O3S. The zero-order chi connectivity index (χ0) is 18.1. The topological polar surface area (TPSA) is 89.4 Å². The Morgan fingerprint density at radius 2 is 1.92 bits per heavy atom. The summed E-state index contributed by atoms with van der Waals surface area (Å²) >= 11 is 0. The first kappa shape index (κ1) is 17.2. The van der Waals surface area contributed by atoms with Gasteiger partial charge < -0.3 is 4.42 Å². The molecule has 2 heterocycles. The van der Waals surface area contributed by atoms with Gasteiger partial charge in [0.1, 0.15) is 5.52 Å². The number of aromatic nitrogens is 1. The van der Waals surface area contributed by atoms with Crippen molar-refractivity contribution in [2.75, 3.05) is 13.1 Å². The highest BCUT2D eigenvalue weighted by atomic mass is 32.2. The second-order valence-electron chi connectivity index (χ2n) is 6.75. The molecule has 3 aromatic rings. The van der Waals surface area contributed by atoms with E-state index in [0.29, 0.717) is 6.54 Å². The van der Waals surface area contributed by atoms with Gasteiger partial charge in [0.25, 0.3) is 0 Å². The third-order valence-corrected chi connectivity index (χ3v) is 5.85. The number of hydrogen-bond acceptors (Lipinski definition) is 5. The second kappa shape index (κ2) is 6.83. The van der Waals surface area contributed by atoms with Crippen LogP contribution in [-0.2, 0) is 16.6 Å². The van der Waals surface area contributed by atoms with Crippen LogP contribution in [0.15, 0.2) is 57.8 Å². The molecular weight excluding hydrogens is 350 g/mol. The van der Waals surface area contributed by atoms with Crippen LogP contribution in [-0.4, -0.2) is 31.4 Å². The summed E-state index contributed by atoms with van der Waals surface area (Å²) in [6.45, 7) is 2.24. The molecule has 2 aromatic carbocycles. The molecule has 1 fully saturated rings. The lowest BCUT2D eigenvalue weighted by Crippen LogP contribution is -2.34. The average Bonchev–Trinajstić information content (AvgIpc) is 3.06. The average molecular weight is 371 g/mol. The number of oxazole rings is 1. The van der Waals surface area contributed by atoms with Crippen LogP contribution in [0.3, 0.4) is 0 Å². The van der Waals surface area contributed by atoms with Gasteiger partial charge in [-0.05, 0) is 43.1 Å². The molecule has 0 bridgehead atoms. The molecule has 0 radical (unpaired) electrons. The quantitative estimate of drug-likeness (QED) is 0.762. The molecule has 7 heteroatoms. The Kier molecular flexibility index (Phi) is 4.52. The van der Waals surface area contributed by atoms with Crippen LogP contribution in [0.4, 0.5) is 0 Å². The highest BCUT2D eigenvalue weighted by molar-refractivity contribution is 7.89. The van der Waals surface area contributed by atoms with E-state index in [1.54, 1.807) is 12.1 Å². The first-order valence-corrected chi connectivity index (χ1v) is 10.2. The smallest absolute Gasteiger partial charge is 0.238 e. The van der Waals surface area contributed by atoms with Crippen molar-refractivity contribution in [1.82, 2.24) is 9.88 Å². The van der Waals surface area contributed by atoms with E-state index in [1.165, 1.54) is 0 Å². The van der Waals surface area contributed by atoms with E-state index < -0.39 is 10.0 Å². The standard InChI is InChI=1S/C19H21N3O3S/c20-26(23,24)18-10-4-1-6-14(18)12-22-11-5-7-15(13-22)19-21-16-8-2-3-9-17(16)25-19/h1-4,6,8-10,15H,5,7,11-13H2,(H2,20,23,24). The van der Waals surface area contributed by atoms with Gasteiger partial charge in [-0.15, -0.1) is 0 Å². The second-order valence-corrected chi connectivity index (χ2v) is 8.28. The molecule has 136 valence electrons. The first-order chi connectivity index (χ1) is 12.5. The fraction of sp³-hybridized carbons (Fsp3) is 0.316. The molecule has 0 saturated carbocycles. The normalized spacial score (nSPS) is 19.0. The van der Waals surface area contributed by atoms with Crippen LogP contribution in [0.2, 0.25) is 0 Å². The third-order valence-electron chi connectivity index (χ3n) is 4.84. The van der Waals surface area contributed by atoms with Crippen LogP contribution in [0.1, 0.15) is 30.2 Å². The molecule has 0 amide bonds. The lowest BCUT2D eigenvalue weighted by Gasteiger charge is -2.31. The Morgan fingerprint density at radius 3 is 2.73 bits per heavy atom. The van der Waals surface area contributed by atoms with Crippen molar-refractivity contribution in [3.63, 3.8) is 0 Å². The number of nitrogens with zero attached hydrogens (tertiary/aromatic N) is 2. The number of sulfonamides is 1. The SMILES string of the molecule is NS(=O)(=O)c1ccccc1CN1CCCC(c2nc3ccccc3o2)C1. The highest BCUT2D eigenvalue weighted by Crippen LogP contribution is 2.30. The monoisotopic (exact) mass is 371 g/mol. The fourth-order valence-corrected chi connectivity index (χ4v) is 4.38. The lowest BCUT2D eigenvalue weighted by molar-refractivity contribution is 0.186. The molecule has 26 heavy (non-hydrogen) atoms. The molecule has 0 spiro atoms. The fourth-order valence-electron chi connectivity index (χ4n) is 3.62. The van der Waals surface area contributed by atoms with E-state index in [2.05, 4.69) is 9.88 Å². The summed E-state index contributed by atoms with van der Waals surface area (Å²) in [5.41, 5.74) is 2.41. The maximum Gasteiger partial charge on any atom is 0.238 e. The van der Waals surface area contributed by atoms with Crippen LogP contribution in [0.25, 0.3) is 11.1 Å². The number of para-hydroxylation sites is 2. The Hall–Kier alpha value is -2.22. The molecule has 1 aliphatic rings. The summed E-state index contributed by atoms with van der Waals surface area (Å²) in [5, 5.41) is 5.35. The van der Waals surface area contributed by atoms with E-state index in [-0.39, 0.29) is 10.8 Å². The van der Waals surface area contributed by atoms with Crippen molar-refractivity contribution in [3.05, 3.63) is 60.0 Å². The van der Waals surface area contributed by atoms with Gasteiger partial charge in [0, 0.05) is 19.0 Å². The van der Waals surface area contributed by atoms with Crippen molar-refractivity contribution < 1.29 is 12.8 Å². The van der Waals surface area contributed by atoms with E-state index in [9.17, 15) is 8.42 Å². The summed E-state index contributed by atoms with van der Waals surface area (Å²) in [6.07, 6.45) is 2.03. The van der Waals surface area contributed by atoms with E-state index in [0.717, 1.165) is 48.5 Å². The van der Waals surface area contributed by atoms with Gasteiger partial charge in [0.2, 0.25) is 10.0 Å². The minimum atomic E-state index is -3.72. The molecule has 1 saturated heterocycles.